The van der Waals surface area contributed by atoms with Gasteiger partial charge in [-0.25, -0.2) is 4.79 Å². The van der Waals surface area contributed by atoms with Gasteiger partial charge in [0, 0.05) is 17.8 Å². The van der Waals surface area contributed by atoms with E-state index in [-0.39, 0.29) is 17.0 Å². The molecule has 32 heavy (non-hydrogen) atoms. The van der Waals surface area contributed by atoms with Crippen LogP contribution >= 0.6 is 11.3 Å². The molecular weight excluding hydrogens is 432 g/mol. The lowest BCUT2D eigenvalue weighted by Crippen LogP contribution is -2.22. The molecular formula is C23H22N2O6S. The Labute approximate surface area is 189 Å². The molecule has 3 rings (SSSR count). The Bertz CT molecular complexity index is 1130. The average molecular weight is 455 g/mol. The van der Waals surface area contributed by atoms with Crippen molar-refractivity contribution in [3.8, 4) is 11.5 Å². The maximum Gasteiger partial charge on any atom is 0.340 e. The Morgan fingerprint density at radius 3 is 2.34 bits per heavy atom. The molecule has 9 heteroatoms. The first-order valence-corrected chi connectivity index (χ1v) is 10.4. The number of ether oxygens (including phenoxy) is 3. The maximum absolute atomic E-state index is 12.8. The van der Waals surface area contributed by atoms with E-state index >= 15 is 0 Å². The lowest BCUT2D eigenvalue weighted by Gasteiger charge is -2.15. The van der Waals surface area contributed by atoms with Crippen molar-refractivity contribution in [3.63, 3.8) is 0 Å². The summed E-state index contributed by atoms with van der Waals surface area (Å²) in [6.45, 7) is 1.40. The van der Waals surface area contributed by atoms with Gasteiger partial charge in [-0.2, -0.15) is 0 Å². The third-order valence-corrected chi connectivity index (χ3v) is 5.24. The van der Waals surface area contributed by atoms with Crippen molar-refractivity contribution < 1.29 is 28.6 Å². The van der Waals surface area contributed by atoms with Gasteiger partial charge in [0.1, 0.15) is 0 Å². The first kappa shape index (κ1) is 22.8. The summed E-state index contributed by atoms with van der Waals surface area (Å²) in [5, 5.41) is 7.12. The first-order valence-electron chi connectivity index (χ1n) is 9.55. The molecule has 0 aliphatic heterocycles. The maximum atomic E-state index is 12.8. The van der Waals surface area contributed by atoms with Crippen molar-refractivity contribution in [3.05, 3.63) is 69.9 Å². The summed E-state index contributed by atoms with van der Waals surface area (Å²) in [5.41, 5.74) is 1.78. The highest BCUT2D eigenvalue weighted by atomic mass is 32.1. The second-order valence-electron chi connectivity index (χ2n) is 6.68. The van der Waals surface area contributed by atoms with Crippen LogP contribution in [0.5, 0.6) is 11.5 Å². The van der Waals surface area contributed by atoms with Crippen molar-refractivity contribution in [2.24, 2.45) is 0 Å². The van der Waals surface area contributed by atoms with Crippen molar-refractivity contribution in [2.45, 2.75) is 6.92 Å². The van der Waals surface area contributed by atoms with E-state index in [2.05, 4.69) is 10.6 Å². The molecule has 3 aromatic rings. The molecule has 2 aromatic carbocycles. The lowest BCUT2D eigenvalue weighted by atomic mass is 10.1. The molecule has 8 nitrogen and oxygen atoms in total. The molecule has 0 saturated heterocycles. The molecule has 2 amide bonds. The quantitative estimate of drug-likeness (QED) is 0.497. The van der Waals surface area contributed by atoms with E-state index in [1.54, 1.807) is 29.6 Å². The van der Waals surface area contributed by atoms with Crippen LogP contribution in [-0.2, 0) is 9.53 Å². The van der Waals surface area contributed by atoms with E-state index in [1.807, 2.05) is 19.1 Å². The van der Waals surface area contributed by atoms with Crippen LogP contribution in [0.15, 0.2) is 53.9 Å². The number of methoxy groups -OCH3 is 2. The number of esters is 1. The summed E-state index contributed by atoms with van der Waals surface area (Å²) in [6.07, 6.45) is 0. The number of hydrogen-bond acceptors (Lipinski definition) is 7. The number of hydrogen-bond donors (Lipinski definition) is 2. The molecule has 0 radical (unpaired) electrons. The largest absolute Gasteiger partial charge is 0.493 e. The predicted octanol–water partition coefficient (Wildman–Crippen LogP) is 4.12. The molecule has 0 bridgehead atoms. The summed E-state index contributed by atoms with van der Waals surface area (Å²) in [7, 11) is 2.86. The summed E-state index contributed by atoms with van der Waals surface area (Å²) < 4.78 is 15.7. The van der Waals surface area contributed by atoms with Crippen molar-refractivity contribution in [1.29, 1.82) is 0 Å². The summed E-state index contributed by atoms with van der Waals surface area (Å²) >= 11 is 1.26. The lowest BCUT2D eigenvalue weighted by molar-refractivity contribution is -0.119. The third-order valence-electron chi connectivity index (χ3n) is 4.37. The molecule has 0 atom stereocenters. The Kier molecular flexibility index (Phi) is 7.45. The molecule has 2 N–H and O–H groups in total. The van der Waals surface area contributed by atoms with Crippen LogP contribution in [0.2, 0.25) is 0 Å². The molecule has 0 unspecified atom stereocenters. The summed E-state index contributed by atoms with van der Waals surface area (Å²) in [5.74, 6) is -1.08. The van der Waals surface area contributed by atoms with Crippen LogP contribution in [0.1, 0.15) is 25.6 Å². The zero-order valence-corrected chi connectivity index (χ0v) is 18.6. The van der Waals surface area contributed by atoms with Gasteiger partial charge in [-0.05, 0) is 36.1 Å². The monoisotopic (exact) mass is 454 g/mol. The Balaban J connectivity index is 1.77. The molecule has 1 heterocycles. The number of benzene rings is 2. The zero-order chi connectivity index (χ0) is 23.1. The molecule has 0 fully saturated rings. The summed E-state index contributed by atoms with van der Waals surface area (Å²) in [6, 6.07) is 13.5. The fourth-order valence-corrected chi connectivity index (χ4v) is 3.49. The Hall–Kier alpha value is -3.85. The molecule has 0 saturated carbocycles. The second kappa shape index (κ2) is 10.5. The van der Waals surface area contributed by atoms with Crippen molar-refractivity contribution in [2.75, 3.05) is 31.5 Å². The van der Waals surface area contributed by atoms with E-state index in [9.17, 15) is 14.4 Å². The van der Waals surface area contributed by atoms with E-state index < -0.39 is 24.4 Å². The minimum Gasteiger partial charge on any atom is -0.493 e. The standard InChI is InChI=1S/C23H22N2O6S/c1-14-6-4-7-15(10-14)24-21(26)13-31-23(28)16-11-18(29-2)19(30-3)12-17(16)25-22(27)20-8-5-9-32-20/h4-12H,13H2,1-3H3,(H,24,26)(H,25,27). The van der Waals surface area contributed by atoms with E-state index in [0.717, 1.165) is 5.56 Å². The molecule has 0 spiro atoms. The SMILES string of the molecule is COc1cc(NC(=O)c2cccs2)c(C(=O)OCC(=O)Nc2cccc(C)c2)cc1OC. The highest BCUT2D eigenvalue weighted by molar-refractivity contribution is 7.12. The van der Waals surface area contributed by atoms with Gasteiger partial charge in [-0.3, -0.25) is 9.59 Å². The van der Waals surface area contributed by atoms with E-state index in [0.29, 0.717) is 16.3 Å². The zero-order valence-electron chi connectivity index (χ0n) is 17.8. The third kappa shape index (κ3) is 5.64. The van der Waals surface area contributed by atoms with Gasteiger partial charge in [0.15, 0.2) is 18.1 Å². The first-order chi connectivity index (χ1) is 15.4. The number of thiophene rings is 1. The van der Waals surface area contributed by atoms with Crippen LogP contribution < -0.4 is 20.1 Å². The second-order valence-corrected chi connectivity index (χ2v) is 7.63. The Morgan fingerprint density at radius 2 is 1.69 bits per heavy atom. The minimum absolute atomic E-state index is 0.0240. The molecule has 166 valence electrons. The predicted molar refractivity (Wildman–Crippen MR) is 122 cm³/mol. The van der Waals surface area contributed by atoms with Gasteiger partial charge in [0.05, 0.1) is 30.3 Å². The number of nitrogens with one attached hydrogen (secondary N) is 2. The van der Waals surface area contributed by atoms with Crippen LogP contribution in [-0.4, -0.2) is 38.6 Å². The highest BCUT2D eigenvalue weighted by Crippen LogP contribution is 2.34. The number of rotatable bonds is 8. The fourth-order valence-electron chi connectivity index (χ4n) is 2.87. The molecule has 1 aromatic heterocycles. The molecule has 0 aliphatic carbocycles. The Morgan fingerprint density at radius 1 is 0.938 bits per heavy atom. The van der Waals surface area contributed by atoms with E-state index in [4.69, 9.17) is 14.2 Å². The minimum atomic E-state index is -0.799. The average Bonchev–Trinajstić information content (AvgIpc) is 3.32. The van der Waals surface area contributed by atoms with Crippen LogP contribution in [0, 0.1) is 6.92 Å². The van der Waals surface area contributed by atoms with Gasteiger partial charge < -0.3 is 24.8 Å². The van der Waals surface area contributed by atoms with Gasteiger partial charge in [0.25, 0.3) is 11.8 Å². The van der Waals surface area contributed by atoms with Gasteiger partial charge in [-0.15, -0.1) is 11.3 Å². The van der Waals surface area contributed by atoms with Crippen LogP contribution in [0.4, 0.5) is 11.4 Å². The van der Waals surface area contributed by atoms with Gasteiger partial charge in [-0.1, -0.05) is 18.2 Å². The van der Waals surface area contributed by atoms with Crippen LogP contribution in [0.25, 0.3) is 0 Å². The van der Waals surface area contributed by atoms with Crippen molar-refractivity contribution >= 4 is 40.5 Å². The number of anilines is 2. The number of carbonyl (C=O) groups excluding carboxylic acids is 3. The normalized spacial score (nSPS) is 10.2. The van der Waals surface area contributed by atoms with Crippen LogP contribution in [0.3, 0.4) is 0 Å². The topological polar surface area (TPSA) is 103 Å². The van der Waals surface area contributed by atoms with Gasteiger partial charge in [0.2, 0.25) is 0 Å². The van der Waals surface area contributed by atoms with Gasteiger partial charge >= 0.3 is 5.97 Å². The summed E-state index contributed by atoms with van der Waals surface area (Å²) in [4.78, 5) is 37.9. The van der Waals surface area contributed by atoms with Crippen molar-refractivity contribution in [1.82, 2.24) is 0 Å². The molecule has 0 aliphatic rings. The number of amides is 2. The van der Waals surface area contributed by atoms with E-state index in [1.165, 1.54) is 37.7 Å². The number of aryl methyl sites for hydroxylation is 1. The smallest absolute Gasteiger partial charge is 0.340 e. The highest BCUT2D eigenvalue weighted by Gasteiger charge is 2.21. The number of carbonyl (C=O) groups is 3. The fraction of sp³-hybridized carbons (Fsp3) is 0.174.